The van der Waals surface area contributed by atoms with Crippen LogP contribution in [-0.2, 0) is 10.0 Å². The SMILES string of the molecule is CC(C)Oc1c(C(=O)O)ccc(NCCCCCCCC(F)(F)F)c1S(=O)(=O)N(C)C. The highest BCUT2D eigenvalue weighted by atomic mass is 32.2. The van der Waals surface area contributed by atoms with E-state index < -0.39 is 34.7 Å². The van der Waals surface area contributed by atoms with E-state index in [-0.39, 0.29) is 28.3 Å². The third kappa shape index (κ3) is 8.56. The predicted molar refractivity (Wildman–Crippen MR) is 112 cm³/mol. The first-order valence-corrected chi connectivity index (χ1v) is 11.5. The Kier molecular flexibility index (Phi) is 10.1. The van der Waals surface area contributed by atoms with Gasteiger partial charge in [-0.1, -0.05) is 19.3 Å². The Bertz CT molecular complexity index is 840. The molecule has 0 aliphatic carbocycles. The number of halogens is 3. The molecule has 0 spiro atoms. The molecule has 11 heteroatoms. The minimum absolute atomic E-state index is 0.0920. The van der Waals surface area contributed by atoms with Gasteiger partial charge in [-0.25, -0.2) is 17.5 Å². The highest BCUT2D eigenvalue weighted by Gasteiger charge is 2.31. The lowest BCUT2D eigenvalue weighted by Crippen LogP contribution is -2.26. The van der Waals surface area contributed by atoms with Crippen LogP contribution >= 0.6 is 0 Å². The van der Waals surface area contributed by atoms with Crippen LogP contribution in [0, 0.1) is 0 Å². The number of anilines is 1. The molecule has 0 aliphatic rings. The van der Waals surface area contributed by atoms with Crippen molar-refractivity contribution in [1.82, 2.24) is 4.31 Å². The number of carbonyl (C=O) groups is 1. The Morgan fingerprint density at radius 3 is 2.23 bits per heavy atom. The number of carboxylic acid groups (broad SMARTS) is 1. The maximum atomic E-state index is 12.9. The molecule has 0 heterocycles. The minimum Gasteiger partial charge on any atom is -0.489 e. The molecule has 2 N–H and O–H groups in total. The second kappa shape index (κ2) is 11.6. The summed E-state index contributed by atoms with van der Waals surface area (Å²) in [4.78, 5) is 11.4. The second-order valence-electron chi connectivity index (χ2n) is 7.64. The average Bonchev–Trinajstić information content (AvgIpc) is 2.61. The lowest BCUT2D eigenvalue weighted by Gasteiger charge is -2.22. The van der Waals surface area contributed by atoms with Crippen LogP contribution in [0.5, 0.6) is 5.75 Å². The Hall–Kier alpha value is -2.01. The van der Waals surface area contributed by atoms with Gasteiger partial charge in [0.05, 0.1) is 11.8 Å². The standard InChI is InChI=1S/C20H31F3N2O5S/c1-14(2)30-17-15(19(26)27)10-11-16(18(17)31(28,29)25(3)4)24-13-9-7-5-6-8-12-20(21,22)23/h10-11,14,24H,5-9,12-13H2,1-4H3,(H,26,27). The molecule has 0 atom stereocenters. The van der Waals surface area contributed by atoms with Gasteiger partial charge < -0.3 is 15.2 Å². The van der Waals surface area contributed by atoms with Gasteiger partial charge in [0.15, 0.2) is 5.75 Å². The Balaban J connectivity index is 2.96. The minimum atomic E-state index is -4.13. The van der Waals surface area contributed by atoms with Crippen molar-refractivity contribution in [2.24, 2.45) is 0 Å². The number of carboxylic acids is 1. The van der Waals surface area contributed by atoms with E-state index in [0.717, 1.165) is 4.31 Å². The molecule has 0 fully saturated rings. The summed E-state index contributed by atoms with van der Waals surface area (Å²) in [6.07, 6.45) is -2.87. The third-order valence-electron chi connectivity index (χ3n) is 4.39. The fourth-order valence-corrected chi connectivity index (χ4v) is 4.04. The van der Waals surface area contributed by atoms with Crippen LogP contribution in [0.2, 0.25) is 0 Å². The molecule has 0 unspecified atom stereocenters. The molecule has 0 aliphatic heterocycles. The maximum absolute atomic E-state index is 12.9. The maximum Gasteiger partial charge on any atom is 0.389 e. The van der Waals surface area contributed by atoms with Crippen molar-refractivity contribution in [3.05, 3.63) is 17.7 Å². The van der Waals surface area contributed by atoms with E-state index in [0.29, 0.717) is 32.2 Å². The molecule has 1 aromatic carbocycles. The summed E-state index contributed by atoms with van der Waals surface area (Å²) >= 11 is 0. The van der Waals surface area contributed by atoms with Crippen molar-refractivity contribution in [3.63, 3.8) is 0 Å². The monoisotopic (exact) mass is 468 g/mol. The van der Waals surface area contributed by atoms with E-state index in [9.17, 15) is 31.5 Å². The van der Waals surface area contributed by atoms with Crippen molar-refractivity contribution in [3.8, 4) is 5.75 Å². The van der Waals surface area contributed by atoms with Gasteiger partial charge in [0.1, 0.15) is 10.5 Å². The van der Waals surface area contributed by atoms with Gasteiger partial charge in [-0.3, -0.25) is 0 Å². The van der Waals surface area contributed by atoms with Crippen LogP contribution in [0.25, 0.3) is 0 Å². The molecule has 0 radical (unpaired) electrons. The van der Waals surface area contributed by atoms with Crippen molar-refractivity contribution < 1.29 is 36.2 Å². The molecule has 0 saturated heterocycles. The van der Waals surface area contributed by atoms with Gasteiger partial charge in [0.25, 0.3) is 0 Å². The van der Waals surface area contributed by atoms with E-state index in [2.05, 4.69) is 5.32 Å². The summed E-state index contributed by atoms with van der Waals surface area (Å²) in [6, 6.07) is 2.67. The number of hydrogen-bond donors (Lipinski definition) is 2. The summed E-state index contributed by atoms with van der Waals surface area (Å²) in [7, 11) is -1.35. The van der Waals surface area contributed by atoms with E-state index in [1.54, 1.807) is 13.8 Å². The quantitative estimate of drug-likeness (QED) is 0.406. The molecular formula is C20H31F3N2O5S. The number of aromatic carboxylic acids is 1. The summed E-state index contributed by atoms with van der Waals surface area (Å²) in [5.41, 5.74) is -0.0456. The van der Waals surface area contributed by atoms with E-state index in [1.165, 1.54) is 26.2 Å². The normalized spacial score (nSPS) is 12.4. The molecule has 0 aromatic heterocycles. The molecule has 0 amide bonds. The average molecular weight is 469 g/mol. The highest BCUT2D eigenvalue weighted by molar-refractivity contribution is 7.89. The van der Waals surface area contributed by atoms with Gasteiger partial charge in [-0.2, -0.15) is 13.2 Å². The number of unbranched alkanes of at least 4 members (excludes halogenated alkanes) is 4. The van der Waals surface area contributed by atoms with Gasteiger partial charge in [-0.05, 0) is 38.8 Å². The molecule has 178 valence electrons. The third-order valence-corrected chi connectivity index (χ3v) is 6.27. The number of benzene rings is 1. The van der Waals surface area contributed by atoms with Crippen LogP contribution < -0.4 is 10.1 Å². The van der Waals surface area contributed by atoms with Crippen molar-refractivity contribution in [1.29, 1.82) is 0 Å². The zero-order chi connectivity index (χ0) is 23.8. The van der Waals surface area contributed by atoms with Crippen molar-refractivity contribution in [2.45, 2.75) is 69.5 Å². The molecule has 31 heavy (non-hydrogen) atoms. The number of ether oxygens (including phenoxy) is 1. The first-order chi connectivity index (χ1) is 14.3. The topological polar surface area (TPSA) is 95.9 Å². The van der Waals surface area contributed by atoms with Gasteiger partial charge in [-0.15, -0.1) is 0 Å². The second-order valence-corrected chi connectivity index (χ2v) is 9.73. The zero-order valence-corrected chi connectivity index (χ0v) is 19.1. The van der Waals surface area contributed by atoms with E-state index >= 15 is 0 Å². The summed E-state index contributed by atoms with van der Waals surface area (Å²) in [6.45, 7) is 3.70. The number of nitrogens with one attached hydrogen (secondary N) is 1. The Morgan fingerprint density at radius 1 is 1.13 bits per heavy atom. The van der Waals surface area contributed by atoms with Crippen molar-refractivity contribution in [2.75, 3.05) is 26.0 Å². The predicted octanol–water partition coefficient (Wildman–Crippen LogP) is 4.74. The summed E-state index contributed by atoms with van der Waals surface area (Å²) in [5.74, 6) is -1.54. The van der Waals surface area contributed by atoms with E-state index in [1.807, 2.05) is 0 Å². The Morgan fingerprint density at radius 2 is 1.71 bits per heavy atom. The van der Waals surface area contributed by atoms with Crippen LogP contribution in [0.4, 0.5) is 18.9 Å². The fourth-order valence-electron chi connectivity index (χ4n) is 2.87. The lowest BCUT2D eigenvalue weighted by atomic mass is 10.1. The van der Waals surface area contributed by atoms with E-state index in [4.69, 9.17) is 4.74 Å². The molecule has 1 rings (SSSR count). The van der Waals surface area contributed by atoms with Crippen LogP contribution in [0.3, 0.4) is 0 Å². The van der Waals surface area contributed by atoms with Crippen LogP contribution in [0.1, 0.15) is 62.7 Å². The number of nitrogens with zero attached hydrogens (tertiary/aromatic N) is 1. The largest absolute Gasteiger partial charge is 0.489 e. The number of rotatable bonds is 13. The summed E-state index contributed by atoms with van der Waals surface area (Å²) < 4.78 is 68.9. The number of sulfonamides is 1. The fraction of sp³-hybridized carbons (Fsp3) is 0.650. The smallest absolute Gasteiger partial charge is 0.389 e. The molecule has 0 saturated carbocycles. The molecular weight excluding hydrogens is 437 g/mol. The van der Waals surface area contributed by atoms with Gasteiger partial charge in [0.2, 0.25) is 10.0 Å². The van der Waals surface area contributed by atoms with Gasteiger partial charge >= 0.3 is 12.1 Å². The highest BCUT2D eigenvalue weighted by Crippen LogP contribution is 2.37. The zero-order valence-electron chi connectivity index (χ0n) is 18.3. The number of hydrogen-bond acceptors (Lipinski definition) is 5. The number of alkyl halides is 3. The van der Waals surface area contributed by atoms with Crippen molar-refractivity contribution >= 4 is 21.7 Å². The lowest BCUT2D eigenvalue weighted by molar-refractivity contribution is -0.135. The molecule has 0 bridgehead atoms. The molecule has 1 aromatic rings. The van der Waals surface area contributed by atoms with Crippen LogP contribution in [0.15, 0.2) is 17.0 Å². The first kappa shape index (κ1) is 27.0. The molecule has 7 nitrogen and oxygen atoms in total. The Labute approximate surface area is 181 Å². The van der Waals surface area contributed by atoms with Crippen LogP contribution in [-0.4, -0.2) is 56.7 Å². The summed E-state index contributed by atoms with van der Waals surface area (Å²) in [5, 5.41) is 12.5. The van der Waals surface area contributed by atoms with Gasteiger partial charge in [0, 0.05) is 27.1 Å². The first-order valence-electron chi connectivity index (χ1n) is 10.1.